The van der Waals surface area contributed by atoms with Crippen LogP contribution >= 0.6 is 35.6 Å². The maximum Gasteiger partial charge on any atom is 0.270 e. The Morgan fingerprint density at radius 3 is 2.45 bits per heavy atom. The third-order valence-electron chi connectivity index (χ3n) is 5.65. The number of methoxy groups -OCH3 is 1. The molecule has 1 aliphatic rings. The largest absolute Gasteiger partial charge is 0.493 e. The van der Waals surface area contributed by atoms with E-state index in [4.69, 9.17) is 33.3 Å². The molecule has 3 aromatic carbocycles. The van der Waals surface area contributed by atoms with Gasteiger partial charge in [-0.3, -0.25) is 14.5 Å². The van der Waals surface area contributed by atoms with E-state index >= 15 is 0 Å². The van der Waals surface area contributed by atoms with E-state index in [0.29, 0.717) is 31.9 Å². The quantitative estimate of drug-likeness (QED) is 0.259. The standard InChI is InChI=1S/C28H26ClN3O4S2/c1-17-5-7-19(8-6-17)30-25(33)16-36-26-22(29)13-18(14-23(26)35-4)15-24-27(34)32(28(37)38-24)21-11-9-20(10-12-21)31(2)3/h5-15H,16H2,1-4H3,(H,30,33)/b24-15-. The average molecular weight is 568 g/mol. The molecule has 0 spiro atoms. The van der Waals surface area contributed by atoms with E-state index in [1.807, 2.05) is 74.4 Å². The Morgan fingerprint density at radius 2 is 1.82 bits per heavy atom. The molecule has 1 saturated heterocycles. The Labute approximate surface area is 236 Å². The zero-order valence-corrected chi connectivity index (χ0v) is 23.7. The van der Waals surface area contributed by atoms with Crippen molar-refractivity contribution in [3.05, 3.63) is 81.7 Å². The van der Waals surface area contributed by atoms with E-state index in [9.17, 15) is 9.59 Å². The number of rotatable bonds is 8. The van der Waals surface area contributed by atoms with Crippen molar-refractivity contribution >= 4 is 74.9 Å². The van der Waals surface area contributed by atoms with Crippen molar-refractivity contribution in [2.24, 2.45) is 0 Å². The summed E-state index contributed by atoms with van der Waals surface area (Å²) < 4.78 is 11.6. The molecule has 0 aliphatic carbocycles. The van der Waals surface area contributed by atoms with Gasteiger partial charge in [-0.15, -0.1) is 0 Å². The van der Waals surface area contributed by atoms with Crippen LogP contribution in [-0.2, 0) is 9.59 Å². The molecule has 196 valence electrons. The lowest BCUT2D eigenvalue weighted by atomic mass is 10.1. The Hall–Kier alpha value is -3.53. The number of nitrogens with zero attached hydrogens (tertiary/aromatic N) is 2. The first-order chi connectivity index (χ1) is 18.2. The second-order valence-corrected chi connectivity index (χ2v) is 10.7. The van der Waals surface area contributed by atoms with Crippen LogP contribution in [0.2, 0.25) is 5.02 Å². The van der Waals surface area contributed by atoms with E-state index in [-0.39, 0.29) is 29.2 Å². The number of hydrogen-bond donors (Lipinski definition) is 1. The monoisotopic (exact) mass is 567 g/mol. The van der Waals surface area contributed by atoms with E-state index < -0.39 is 0 Å². The Balaban J connectivity index is 1.49. The highest BCUT2D eigenvalue weighted by atomic mass is 35.5. The third-order valence-corrected chi connectivity index (χ3v) is 7.23. The molecule has 1 aliphatic heterocycles. The molecule has 0 atom stereocenters. The Bertz CT molecular complexity index is 1410. The molecule has 4 rings (SSSR count). The predicted molar refractivity (Wildman–Crippen MR) is 160 cm³/mol. The first-order valence-electron chi connectivity index (χ1n) is 11.6. The van der Waals surface area contributed by atoms with Crippen LogP contribution in [0.25, 0.3) is 6.08 Å². The lowest BCUT2D eigenvalue weighted by molar-refractivity contribution is -0.118. The van der Waals surface area contributed by atoms with Crippen molar-refractivity contribution in [2.45, 2.75) is 6.92 Å². The van der Waals surface area contributed by atoms with Crippen LogP contribution in [0.1, 0.15) is 11.1 Å². The lowest BCUT2D eigenvalue weighted by Gasteiger charge is -2.17. The SMILES string of the molecule is COc1cc(/C=C2\SC(=S)N(c3ccc(N(C)C)cc3)C2=O)cc(Cl)c1OCC(=O)Nc1ccc(C)cc1. The van der Waals surface area contributed by atoms with Gasteiger partial charge in [-0.05, 0) is 67.1 Å². The molecule has 1 N–H and O–H groups in total. The van der Waals surface area contributed by atoms with Gasteiger partial charge in [0.05, 0.1) is 22.7 Å². The number of carbonyl (C=O) groups excluding carboxylic acids is 2. The molecule has 0 unspecified atom stereocenters. The number of anilines is 3. The van der Waals surface area contributed by atoms with E-state index in [0.717, 1.165) is 11.3 Å². The minimum absolute atomic E-state index is 0.221. The third kappa shape index (κ3) is 6.30. The maximum atomic E-state index is 13.2. The van der Waals surface area contributed by atoms with Crippen LogP contribution in [0.5, 0.6) is 11.5 Å². The predicted octanol–water partition coefficient (Wildman–Crippen LogP) is 6.15. The van der Waals surface area contributed by atoms with Crippen molar-refractivity contribution in [1.82, 2.24) is 0 Å². The molecule has 10 heteroatoms. The molecule has 0 saturated carbocycles. The highest BCUT2D eigenvalue weighted by Gasteiger charge is 2.33. The number of thioether (sulfide) groups is 1. The van der Waals surface area contributed by atoms with Gasteiger partial charge in [-0.2, -0.15) is 0 Å². The van der Waals surface area contributed by atoms with Crippen LogP contribution in [0.15, 0.2) is 65.6 Å². The van der Waals surface area contributed by atoms with Gasteiger partial charge in [0.15, 0.2) is 22.4 Å². The second-order valence-electron chi connectivity index (χ2n) is 8.66. The second kappa shape index (κ2) is 11.9. The number of benzene rings is 3. The molecule has 0 radical (unpaired) electrons. The first-order valence-corrected chi connectivity index (χ1v) is 13.2. The highest BCUT2D eigenvalue weighted by Crippen LogP contribution is 2.40. The van der Waals surface area contributed by atoms with Gasteiger partial charge in [0, 0.05) is 25.5 Å². The smallest absolute Gasteiger partial charge is 0.270 e. The van der Waals surface area contributed by atoms with Gasteiger partial charge < -0.3 is 19.7 Å². The van der Waals surface area contributed by atoms with Crippen LogP contribution in [0.3, 0.4) is 0 Å². The van der Waals surface area contributed by atoms with Gasteiger partial charge in [-0.1, -0.05) is 53.3 Å². The van der Waals surface area contributed by atoms with Gasteiger partial charge in [-0.25, -0.2) is 0 Å². The van der Waals surface area contributed by atoms with Crippen LogP contribution < -0.4 is 24.6 Å². The van der Waals surface area contributed by atoms with Crippen molar-refractivity contribution in [3.8, 4) is 11.5 Å². The first kappa shape index (κ1) is 27.5. The fraction of sp³-hybridized carbons (Fsp3) is 0.179. The summed E-state index contributed by atoms with van der Waals surface area (Å²) in [6.45, 7) is 1.72. The molecular formula is C28H26ClN3O4S2. The molecule has 1 fully saturated rings. The number of halogens is 1. The fourth-order valence-corrected chi connectivity index (χ4v) is 5.25. The summed E-state index contributed by atoms with van der Waals surface area (Å²) in [5.41, 5.74) is 4.11. The molecular weight excluding hydrogens is 542 g/mol. The summed E-state index contributed by atoms with van der Waals surface area (Å²) in [5.74, 6) is 0.0136. The molecule has 0 bridgehead atoms. The minimum Gasteiger partial charge on any atom is -0.493 e. The molecule has 1 heterocycles. The molecule has 38 heavy (non-hydrogen) atoms. The summed E-state index contributed by atoms with van der Waals surface area (Å²) >= 11 is 13.2. The van der Waals surface area contributed by atoms with Gasteiger partial charge in [0.25, 0.3) is 11.8 Å². The Kier molecular flexibility index (Phi) is 8.61. The summed E-state index contributed by atoms with van der Waals surface area (Å²) in [6, 6.07) is 18.4. The van der Waals surface area contributed by atoms with Crippen molar-refractivity contribution in [1.29, 1.82) is 0 Å². The van der Waals surface area contributed by atoms with Crippen molar-refractivity contribution < 1.29 is 19.1 Å². The number of ether oxygens (including phenoxy) is 2. The number of carbonyl (C=O) groups is 2. The summed E-state index contributed by atoms with van der Waals surface area (Å²) in [5, 5.41) is 3.02. The van der Waals surface area contributed by atoms with E-state index in [1.54, 1.807) is 18.2 Å². The summed E-state index contributed by atoms with van der Waals surface area (Å²) in [7, 11) is 5.38. The molecule has 3 aromatic rings. The minimum atomic E-state index is -0.335. The zero-order chi connectivity index (χ0) is 27.4. The normalized spacial score (nSPS) is 14.1. The van der Waals surface area contributed by atoms with Crippen molar-refractivity contribution in [3.63, 3.8) is 0 Å². The molecule has 7 nitrogen and oxygen atoms in total. The number of hydrogen-bond acceptors (Lipinski definition) is 7. The van der Waals surface area contributed by atoms with E-state index in [2.05, 4.69) is 5.32 Å². The van der Waals surface area contributed by atoms with Gasteiger partial charge >= 0.3 is 0 Å². The lowest BCUT2D eigenvalue weighted by Crippen LogP contribution is -2.27. The highest BCUT2D eigenvalue weighted by molar-refractivity contribution is 8.27. The maximum absolute atomic E-state index is 13.2. The molecule has 0 aromatic heterocycles. The Morgan fingerprint density at radius 1 is 1.13 bits per heavy atom. The average Bonchev–Trinajstić information content (AvgIpc) is 3.16. The number of aryl methyl sites for hydroxylation is 1. The van der Waals surface area contributed by atoms with E-state index in [1.165, 1.54) is 23.8 Å². The number of amides is 2. The van der Waals surface area contributed by atoms with Crippen molar-refractivity contribution in [2.75, 3.05) is 42.9 Å². The van der Waals surface area contributed by atoms with Gasteiger partial charge in [0.2, 0.25) is 0 Å². The van der Waals surface area contributed by atoms with Crippen LogP contribution in [0.4, 0.5) is 17.1 Å². The zero-order valence-electron chi connectivity index (χ0n) is 21.3. The van der Waals surface area contributed by atoms with Crippen LogP contribution in [0, 0.1) is 6.92 Å². The fourth-order valence-electron chi connectivity index (χ4n) is 3.68. The summed E-state index contributed by atoms with van der Waals surface area (Å²) in [6.07, 6.45) is 1.70. The summed E-state index contributed by atoms with van der Waals surface area (Å²) in [4.78, 5) is 29.5. The van der Waals surface area contributed by atoms with Gasteiger partial charge in [0.1, 0.15) is 0 Å². The van der Waals surface area contributed by atoms with Crippen LogP contribution in [-0.4, -0.2) is 43.9 Å². The number of nitrogens with one attached hydrogen (secondary N) is 1. The molecule has 2 amide bonds. The topological polar surface area (TPSA) is 71.1 Å². The number of thiocarbonyl (C=S) groups is 1.